The van der Waals surface area contributed by atoms with Crippen molar-refractivity contribution in [2.75, 3.05) is 26.3 Å². The molecule has 1 aromatic rings. The Kier molecular flexibility index (Phi) is 5.24. The van der Waals surface area contributed by atoms with Crippen LogP contribution in [0.25, 0.3) is 0 Å². The first-order chi connectivity index (χ1) is 9.18. The van der Waals surface area contributed by atoms with Crippen molar-refractivity contribution in [2.45, 2.75) is 18.9 Å². The normalized spacial score (nSPS) is 21.3. The standard InChI is InChI=1S/C14H19F2NO2/c15-11-4-1-5-12(16)14(11)13(18)8-17-7-10-3-2-6-19-9-10/h1,4-5,10,13,17-18H,2-3,6-9H2. The molecule has 1 fully saturated rings. The van der Waals surface area contributed by atoms with Crippen LogP contribution in [0.2, 0.25) is 0 Å². The average Bonchev–Trinajstić information content (AvgIpc) is 2.40. The fourth-order valence-electron chi connectivity index (χ4n) is 2.32. The van der Waals surface area contributed by atoms with E-state index < -0.39 is 17.7 Å². The zero-order valence-corrected chi connectivity index (χ0v) is 10.7. The molecule has 2 N–H and O–H groups in total. The number of hydrogen-bond acceptors (Lipinski definition) is 3. The minimum absolute atomic E-state index is 0.133. The van der Waals surface area contributed by atoms with E-state index in [1.807, 2.05) is 0 Å². The summed E-state index contributed by atoms with van der Waals surface area (Å²) in [5, 5.41) is 12.9. The van der Waals surface area contributed by atoms with Crippen LogP contribution in [0, 0.1) is 17.6 Å². The van der Waals surface area contributed by atoms with Crippen LogP contribution < -0.4 is 5.32 Å². The molecule has 0 saturated carbocycles. The number of benzene rings is 1. The van der Waals surface area contributed by atoms with Gasteiger partial charge in [0.2, 0.25) is 0 Å². The summed E-state index contributed by atoms with van der Waals surface area (Å²) in [4.78, 5) is 0. The molecule has 1 saturated heterocycles. The van der Waals surface area contributed by atoms with Crippen LogP contribution in [0.4, 0.5) is 8.78 Å². The largest absolute Gasteiger partial charge is 0.387 e. The second kappa shape index (κ2) is 6.93. The Hall–Kier alpha value is -1.04. The molecule has 1 aromatic carbocycles. The number of hydrogen-bond donors (Lipinski definition) is 2. The lowest BCUT2D eigenvalue weighted by Gasteiger charge is -2.23. The topological polar surface area (TPSA) is 41.5 Å². The molecule has 0 aliphatic carbocycles. The Morgan fingerprint density at radius 1 is 1.37 bits per heavy atom. The van der Waals surface area contributed by atoms with Gasteiger partial charge in [0.05, 0.1) is 18.3 Å². The van der Waals surface area contributed by atoms with E-state index in [4.69, 9.17) is 4.74 Å². The molecule has 0 aromatic heterocycles. The maximum absolute atomic E-state index is 13.4. The molecule has 1 aliphatic heterocycles. The molecule has 106 valence electrons. The number of rotatable bonds is 5. The van der Waals surface area contributed by atoms with Crippen molar-refractivity contribution in [3.05, 3.63) is 35.4 Å². The van der Waals surface area contributed by atoms with Gasteiger partial charge in [0.15, 0.2) is 0 Å². The predicted molar refractivity (Wildman–Crippen MR) is 67.7 cm³/mol. The van der Waals surface area contributed by atoms with Crippen molar-refractivity contribution in [1.82, 2.24) is 5.32 Å². The molecule has 1 heterocycles. The SMILES string of the molecule is OC(CNCC1CCCOC1)c1c(F)cccc1F. The van der Waals surface area contributed by atoms with Gasteiger partial charge < -0.3 is 15.2 Å². The highest BCUT2D eigenvalue weighted by atomic mass is 19.1. The van der Waals surface area contributed by atoms with Crippen LogP contribution >= 0.6 is 0 Å². The Morgan fingerprint density at radius 3 is 2.74 bits per heavy atom. The summed E-state index contributed by atoms with van der Waals surface area (Å²) in [5.41, 5.74) is -0.269. The lowest BCUT2D eigenvalue weighted by atomic mass is 10.0. The van der Waals surface area contributed by atoms with Crippen LogP contribution in [0.15, 0.2) is 18.2 Å². The first kappa shape index (κ1) is 14.4. The third kappa shape index (κ3) is 3.96. The van der Waals surface area contributed by atoms with E-state index in [-0.39, 0.29) is 12.1 Å². The number of nitrogens with one attached hydrogen (secondary N) is 1. The lowest BCUT2D eigenvalue weighted by molar-refractivity contribution is 0.0531. The van der Waals surface area contributed by atoms with Crippen molar-refractivity contribution in [3.8, 4) is 0 Å². The predicted octanol–water partition coefficient (Wildman–Crippen LogP) is 2.01. The highest BCUT2D eigenvalue weighted by Gasteiger charge is 2.18. The van der Waals surface area contributed by atoms with Gasteiger partial charge in [-0.05, 0) is 30.9 Å². The third-order valence-corrected chi connectivity index (χ3v) is 3.36. The van der Waals surface area contributed by atoms with Crippen molar-refractivity contribution >= 4 is 0 Å². The summed E-state index contributed by atoms with van der Waals surface area (Å²) in [5.74, 6) is -1.02. The highest BCUT2D eigenvalue weighted by molar-refractivity contribution is 5.22. The molecule has 2 unspecified atom stereocenters. The number of aliphatic hydroxyl groups is 1. The molecule has 2 atom stereocenters. The first-order valence-electron chi connectivity index (χ1n) is 6.59. The first-order valence-corrected chi connectivity index (χ1v) is 6.59. The minimum atomic E-state index is -1.18. The summed E-state index contributed by atoms with van der Waals surface area (Å²) in [6, 6.07) is 3.58. The fourth-order valence-corrected chi connectivity index (χ4v) is 2.32. The molecular weight excluding hydrogens is 252 g/mol. The smallest absolute Gasteiger partial charge is 0.131 e. The Morgan fingerprint density at radius 2 is 2.11 bits per heavy atom. The second-order valence-electron chi connectivity index (χ2n) is 4.89. The molecule has 5 heteroatoms. The zero-order chi connectivity index (χ0) is 13.7. The monoisotopic (exact) mass is 271 g/mol. The minimum Gasteiger partial charge on any atom is -0.387 e. The van der Waals surface area contributed by atoms with Crippen molar-refractivity contribution in [2.24, 2.45) is 5.92 Å². The summed E-state index contributed by atoms with van der Waals surface area (Å²) >= 11 is 0. The molecule has 0 bridgehead atoms. The van der Waals surface area contributed by atoms with Gasteiger partial charge in [-0.1, -0.05) is 6.07 Å². The number of halogens is 2. The summed E-state index contributed by atoms with van der Waals surface area (Å²) in [7, 11) is 0. The molecule has 3 nitrogen and oxygen atoms in total. The van der Waals surface area contributed by atoms with Crippen LogP contribution in [0.3, 0.4) is 0 Å². The van der Waals surface area contributed by atoms with Gasteiger partial charge in [0, 0.05) is 19.7 Å². The maximum Gasteiger partial charge on any atom is 0.131 e. The quantitative estimate of drug-likeness (QED) is 0.861. The molecule has 0 spiro atoms. The number of ether oxygens (including phenoxy) is 1. The Balaban J connectivity index is 1.82. The van der Waals surface area contributed by atoms with Gasteiger partial charge >= 0.3 is 0 Å². The van der Waals surface area contributed by atoms with Crippen LogP contribution in [-0.2, 0) is 4.74 Å². The molecule has 0 radical (unpaired) electrons. The molecule has 0 amide bonds. The van der Waals surface area contributed by atoms with Gasteiger partial charge in [-0.25, -0.2) is 8.78 Å². The van der Waals surface area contributed by atoms with E-state index in [2.05, 4.69) is 5.32 Å². The van der Waals surface area contributed by atoms with E-state index in [9.17, 15) is 13.9 Å². The van der Waals surface area contributed by atoms with E-state index in [0.29, 0.717) is 19.1 Å². The molecule has 2 rings (SSSR count). The van der Waals surface area contributed by atoms with Crippen LogP contribution in [0.1, 0.15) is 24.5 Å². The highest BCUT2D eigenvalue weighted by Crippen LogP contribution is 2.20. The summed E-state index contributed by atoms with van der Waals surface area (Å²) in [6.07, 6.45) is 0.944. The maximum atomic E-state index is 13.4. The lowest BCUT2D eigenvalue weighted by Crippen LogP contribution is -2.32. The Labute approximate surface area is 111 Å². The van der Waals surface area contributed by atoms with Gasteiger partial charge in [0.1, 0.15) is 11.6 Å². The molecule has 19 heavy (non-hydrogen) atoms. The van der Waals surface area contributed by atoms with Gasteiger partial charge in [-0.3, -0.25) is 0 Å². The summed E-state index contributed by atoms with van der Waals surface area (Å²) < 4.78 is 32.2. The second-order valence-corrected chi connectivity index (χ2v) is 4.89. The van der Waals surface area contributed by atoms with E-state index in [1.165, 1.54) is 6.07 Å². The summed E-state index contributed by atoms with van der Waals surface area (Å²) in [6.45, 7) is 2.33. The van der Waals surface area contributed by atoms with E-state index in [1.54, 1.807) is 0 Å². The Bertz CT molecular complexity index is 388. The van der Waals surface area contributed by atoms with Crippen LogP contribution in [-0.4, -0.2) is 31.4 Å². The zero-order valence-electron chi connectivity index (χ0n) is 10.7. The van der Waals surface area contributed by atoms with Crippen LogP contribution in [0.5, 0.6) is 0 Å². The van der Waals surface area contributed by atoms with Crippen molar-refractivity contribution in [1.29, 1.82) is 0 Å². The third-order valence-electron chi connectivity index (χ3n) is 3.36. The van der Waals surface area contributed by atoms with Gasteiger partial charge in [0.25, 0.3) is 0 Å². The van der Waals surface area contributed by atoms with E-state index >= 15 is 0 Å². The molecule has 1 aliphatic rings. The van der Waals surface area contributed by atoms with Gasteiger partial charge in [-0.15, -0.1) is 0 Å². The van der Waals surface area contributed by atoms with Crippen molar-refractivity contribution < 1.29 is 18.6 Å². The fraction of sp³-hybridized carbons (Fsp3) is 0.571. The number of aliphatic hydroxyl groups excluding tert-OH is 1. The molecular formula is C14H19F2NO2. The average molecular weight is 271 g/mol. The van der Waals surface area contributed by atoms with Gasteiger partial charge in [-0.2, -0.15) is 0 Å². The van der Waals surface area contributed by atoms with E-state index in [0.717, 1.165) is 31.6 Å². The van der Waals surface area contributed by atoms with Crippen molar-refractivity contribution in [3.63, 3.8) is 0 Å².